The zero-order valence-corrected chi connectivity index (χ0v) is 31.8. The Morgan fingerprint density at radius 2 is 0.778 bits per heavy atom. The standard InChI is InChI=1S/C28H18O4.2C8H10.2C3H6/c29-27(31-25-16-6-10-19-8-1-3-14-23(19)25)21-12-5-13-22(18-21)28(30)32-26-17-7-11-20-9-2-4-15-24(20)26;2*1-2-8-6-4-3-5-7-8;2*1-3-2/h1-18H;2*3-7H,2H2,1H3;2*3H,1H2,2H3. The molecule has 0 atom stereocenters. The van der Waals surface area contributed by atoms with Crippen molar-refractivity contribution in [1.29, 1.82) is 0 Å². The van der Waals surface area contributed by atoms with Crippen molar-refractivity contribution in [3.63, 3.8) is 0 Å². The summed E-state index contributed by atoms with van der Waals surface area (Å²) in [5.41, 5.74) is 3.36. The minimum atomic E-state index is -0.541. The van der Waals surface area contributed by atoms with E-state index in [1.54, 1.807) is 42.5 Å². The van der Waals surface area contributed by atoms with E-state index < -0.39 is 11.9 Å². The van der Waals surface area contributed by atoms with Crippen molar-refractivity contribution < 1.29 is 19.1 Å². The van der Waals surface area contributed by atoms with E-state index in [0.29, 0.717) is 11.5 Å². The van der Waals surface area contributed by atoms with Gasteiger partial charge in [0.25, 0.3) is 0 Å². The number of ether oxygens (including phenoxy) is 2. The average Bonchev–Trinajstić information content (AvgIpc) is 3.23. The van der Waals surface area contributed by atoms with Crippen LogP contribution in [0.1, 0.15) is 59.5 Å². The smallest absolute Gasteiger partial charge is 0.343 e. The summed E-state index contributed by atoms with van der Waals surface area (Å²) in [5, 5.41) is 3.64. The van der Waals surface area contributed by atoms with Gasteiger partial charge in [-0.15, -0.1) is 13.2 Å². The third kappa shape index (κ3) is 13.6. The fraction of sp³-hybridized carbons (Fsp3) is 0.120. The van der Waals surface area contributed by atoms with Crippen LogP contribution in [0.25, 0.3) is 21.5 Å². The normalized spacial score (nSPS) is 9.56. The highest BCUT2D eigenvalue weighted by Crippen LogP contribution is 2.27. The van der Waals surface area contributed by atoms with Crippen molar-refractivity contribution in [2.24, 2.45) is 0 Å². The topological polar surface area (TPSA) is 52.6 Å². The maximum absolute atomic E-state index is 12.8. The number of hydrogen-bond acceptors (Lipinski definition) is 4. The minimum Gasteiger partial charge on any atom is -0.422 e. The maximum Gasteiger partial charge on any atom is 0.343 e. The van der Waals surface area contributed by atoms with Gasteiger partial charge in [0.15, 0.2) is 0 Å². The lowest BCUT2D eigenvalue weighted by Crippen LogP contribution is -2.12. The van der Waals surface area contributed by atoms with E-state index in [1.807, 2.05) is 98.8 Å². The van der Waals surface area contributed by atoms with Crippen LogP contribution in [0.2, 0.25) is 0 Å². The lowest BCUT2D eigenvalue weighted by atomic mass is 10.1. The van der Waals surface area contributed by atoms with E-state index in [-0.39, 0.29) is 11.1 Å². The van der Waals surface area contributed by atoms with Crippen molar-refractivity contribution in [2.45, 2.75) is 40.5 Å². The van der Waals surface area contributed by atoms with E-state index in [0.717, 1.165) is 34.4 Å². The summed E-state index contributed by atoms with van der Waals surface area (Å²) in [6.45, 7) is 14.8. The lowest BCUT2D eigenvalue weighted by Gasteiger charge is -2.10. The molecule has 0 spiro atoms. The van der Waals surface area contributed by atoms with Gasteiger partial charge in [-0.05, 0) is 78.9 Å². The molecule has 7 aromatic carbocycles. The van der Waals surface area contributed by atoms with Gasteiger partial charge in [-0.3, -0.25) is 0 Å². The molecule has 0 bridgehead atoms. The molecule has 54 heavy (non-hydrogen) atoms. The summed E-state index contributed by atoms with van der Waals surface area (Å²) in [4.78, 5) is 25.6. The van der Waals surface area contributed by atoms with Crippen LogP contribution in [0.15, 0.2) is 195 Å². The van der Waals surface area contributed by atoms with Gasteiger partial charge in [0.1, 0.15) is 11.5 Å². The third-order valence-corrected chi connectivity index (χ3v) is 7.74. The number of fused-ring (bicyclic) bond motifs is 2. The third-order valence-electron chi connectivity index (χ3n) is 7.74. The zero-order chi connectivity index (χ0) is 39.0. The van der Waals surface area contributed by atoms with Crippen LogP contribution in [-0.2, 0) is 12.8 Å². The summed E-state index contributed by atoms with van der Waals surface area (Å²) in [6, 6.07) is 53.7. The first kappa shape index (κ1) is 41.9. The van der Waals surface area contributed by atoms with Crippen molar-refractivity contribution in [3.8, 4) is 11.5 Å². The van der Waals surface area contributed by atoms with E-state index in [2.05, 4.69) is 75.5 Å². The molecule has 4 heteroatoms. The molecule has 0 aliphatic rings. The zero-order valence-electron chi connectivity index (χ0n) is 31.8. The predicted octanol–water partition coefficient (Wildman–Crippen LogP) is 13.3. The molecule has 0 aromatic heterocycles. The Morgan fingerprint density at radius 3 is 1.13 bits per heavy atom. The number of benzene rings is 7. The van der Waals surface area contributed by atoms with Crippen LogP contribution in [0.5, 0.6) is 11.5 Å². The fourth-order valence-corrected chi connectivity index (χ4v) is 5.09. The van der Waals surface area contributed by atoms with Crippen LogP contribution in [0, 0.1) is 0 Å². The molecule has 0 aliphatic heterocycles. The van der Waals surface area contributed by atoms with Crippen LogP contribution in [-0.4, -0.2) is 11.9 Å². The molecular formula is C50H50O4. The quantitative estimate of drug-likeness (QED) is 0.0977. The van der Waals surface area contributed by atoms with Gasteiger partial charge in [0.05, 0.1) is 11.1 Å². The Hall–Kier alpha value is -6.52. The highest BCUT2D eigenvalue weighted by molar-refractivity contribution is 5.99. The molecule has 274 valence electrons. The van der Waals surface area contributed by atoms with Gasteiger partial charge < -0.3 is 9.47 Å². The molecule has 4 nitrogen and oxygen atoms in total. The van der Waals surface area contributed by atoms with Gasteiger partial charge in [0.2, 0.25) is 0 Å². The molecule has 0 N–H and O–H groups in total. The molecule has 0 amide bonds. The maximum atomic E-state index is 12.8. The lowest BCUT2D eigenvalue weighted by molar-refractivity contribution is 0.0737. The van der Waals surface area contributed by atoms with Gasteiger partial charge in [-0.2, -0.15) is 0 Å². The fourth-order valence-electron chi connectivity index (χ4n) is 5.09. The Balaban J connectivity index is 0.000000289. The van der Waals surface area contributed by atoms with E-state index in [9.17, 15) is 9.59 Å². The largest absolute Gasteiger partial charge is 0.422 e. The molecule has 7 aromatic rings. The highest BCUT2D eigenvalue weighted by atomic mass is 16.5. The Morgan fingerprint density at radius 1 is 0.463 bits per heavy atom. The molecule has 0 unspecified atom stereocenters. The Kier molecular flexibility index (Phi) is 18.5. The number of allylic oxidation sites excluding steroid dienone is 2. The van der Waals surface area contributed by atoms with Gasteiger partial charge in [0, 0.05) is 10.8 Å². The van der Waals surface area contributed by atoms with Crippen LogP contribution in [0.4, 0.5) is 0 Å². The first-order chi connectivity index (χ1) is 26.4. The molecule has 0 saturated carbocycles. The van der Waals surface area contributed by atoms with Crippen molar-refractivity contribution in [2.75, 3.05) is 0 Å². The van der Waals surface area contributed by atoms with E-state index in [1.165, 1.54) is 17.2 Å². The van der Waals surface area contributed by atoms with Gasteiger partial charge >= 0.3 is 11.9 Å². The number of hydrogen-bond donors (Lipinski definition) is 0. The number of aryl methyl sites for hydroxylation is 2. The van der Waals surface area contributed by atoms with Crippen LogP contribution < -0.4 is 9.47 Å². The summed E-state index contributed by atoms with van der Waals surface area (Å²) in [5.74, 6) is -0.143. The molecular weight excluding hydrogens is 665 g/mol. The van der Waals surface area contributed by atoms with Gasteiger partial charge in [-0.25, -0.2) is 9.59 Å². The van der Waals surface area contributed by atoms with Gasteiger partial charge in [-0.1, -0.05) is 166 Å². The van der Waals surface area contributed by atoms with Crippen molar-refractivity contribution in [3.05, 3.63) is 217 Å². The molecule has 0 radical (unpaired) electrons. The molecule has 0 heterocycles. The van der Waals surface area contributed by atoms with Crippen molar-refractivity contribution >= 4 is 33.5 Å². The molecule has 7 rings (SSSR count). The average molecular weight is 715 g/mol. The monoisotopic (exact) mass is 714 g/mol. The summed E-state index contributed by atoms with van der Waals surface area (Å²) < 4.78 is 11.3. The van der Waals surface area contributed by atoms with E-state index in [4.69, 9.17) is 9.47 Å². The SMILES string of the molecule is C=CC.C=CC.CCc1ccccc1.CCc1ccccc1.O=C(Oc1cccc2ccccc12)c1cccc(C(=O)Oc2cccc3ccccc23)c1. The minimum absolute atomic E-state index is 0.269. The van der Waals surface area contributed by atoms with Crippen LogP contribution >= 0.6 is 0 Å². The Labute approximate surface area is 321 Å². The Bertz CT molecular complexity index is 2020. The molecule has 0 saturated heterocycles. The predicted molar refractivity (Wildman–Crippen MR) is 228 cm³/mol. The second-order valence-corrected chi connectivity index (χ2v) is 11.8. The number of carbonyl (C=O) groups excluding carboxylic acids is 2. The molecule has 0 fully saturated rings. The number of esters is 2. The summed E-state index contributed by atoms with van der Waals surface area (Å²) in [6.07, 6.45) is 5.78. The summed E-state index contributed by atoms with van der Waals surface area (Å²) in [7, 11) is 0. The summed E-state index contributed by atoms with van der Waals surface area (Å²) >= 11 is 0. The first-order valence-electron chi connectivity index (χ1n) is 18.1. The van der Waals surface area contributed by atoms with Crippen LogP contribution in [0.3, 0.4) is 0 Å². The number of rotatable bonds is 6. The highest BCUT2D eigenvalue weighted by Gasteiger charge is 2.16. The van der Waals surface area contributed by atoms with Crippen molar-refractivity contribution in [1.82, 2.24) is 0 Å². The first-order valence-corrected chi connectivity index (χ1v) is 18.1. The second kappa shape index (κ2) is 23.9. The van der Waals surface area contributed by atoms with E-state index >= 15 is 0 Å². The second-order valence-electron chi connectivity index (χ2n) is 11.8. The number of carbonyl (C=O) groups is 2. The molecule has 0 aliphatic carbocycles.